The number of amides is 1. The van der Waals surface area contributed by atoms with Crippen LogP contribution in [0.1, 0.15) is 5.76 Å². The predicted octanol–water partition coefficient (Wildman–Crippen LogP) is 2.33. The molecule has 1 amide bonds. The molecule has 1 saturated heterocycles. The average Bonchev–Trinajstić information content (AvgIpc) is 3.09. The smallest absolute Gasteiger partial charge is 0.409 e. The van der Waals surface area contributed by atoms with Gasteiger partial charge in [-0.3, -0.25) is 4.90 Å². The zero-order chi connectivity index (χ0) is 15.5. The Balaban J connectivity index is 1.58. The number of methoxy groups -OCH3 is 1. The summed E-state index contributed by atoms with van der Waals surface area (Å²) in [6.45, 7) is 3.31. The minimum atomic E-state index is -0.218. The molecule has 2 aromatic rings. The number of likely N-dealkylation sites (N-methyl/N-ethyl adjacent to an activating group) is 1. The van der Waals surface area contributed by atoms with Crippen molar-refractivity contribution in [1.29, 1.82) is 0 Å². The number of ether oxygens (including phenoxy) is 2. The molecule has 0 saturated carbocycles. The summed E-state index contributed by atoms with van der Waals surface area (Å²) >= 11 is 0. The van der Waals surface area contributed by atoms with E-state index in [1.807, 2.05) is 31.3 Å². The molecule has 1 aliphatic heterocycles. The Hall–Kier alpha value is -2.21. The maximum Gasteiger partial charge on any atom is 0.409 e. The number of carbonyl (C=O) groups excluding carboxylic acids is 1. The first-order chi connectivity index (χ1) is 10.7. The number of fused-ring (bicyclic) bond motifs is 1. The average molecular weight is 304 g/mol. The van der Waals surface area contributed by atoms with E-state index >= 15 is 0 Å². The van der Waals surface area contributed by atoms with E-state index in [2.05, 4.69) is 4.90 Å². The van der Waals surface area contributed by atoms with Crippen LogP contribution in [0.4, 0.5) is 4.79 Å². The lowest BCUT2D eigenvalue weighted by atomic mass is 10.2. The van der Waals surface area contributed by atoms with E-state index < -0.39 is 0 Å². The van der Waals surface area contributed by atoms with Crippen molar-refractivity contribution >= 4 is 17.1 Å². The van der Waals surface area contributed by atoms with Crippen LogP contribution in [0, 0.1) is 0 Å². The van der Waals surface area contributed by atoms with Gasteiger partial charge >= 0.3 is 6.09 Å². The summed E-state index contributed by atoms with van der Waals surface area (Å²) in [7, 11) is 3.66. The van der Waals surface area contributed by atoms with Gasteiger partial charge in [0.2, 0.25) is 0 Å². The maximum absolute atomic E-state index is 11.4. The molecular weight excluding hydrogens is 284 g/mol. The van der Waals surface area contributed by atoms with Crippen molar-refractivity contribution in [2.45, 2.75) is 6.54 Å². The second kappa shape index (κ2) is 6.27. The number of carbonyl (C=O) groups is 1. The first-order valence-corrected chi connectivity index (χ1v) is 7.32. The van der Waals surface area contributed by atoms with Crippen LogP contribution in [0.3, 0.4) is 0 Å². The quantitative estimate of drug-likeness (QED) is 0.820. The summed E-state index contributed by atoms with van der Waals surface area (Å²) in [6, 6.07) is 7.79. The molecule has 6 heteroatoms. The molecule has 22 heavy (non-hydrogen) atoms. The standard InChI is InChI=1S/C16H20N2O4/c1-17(5-6-18-7-8-21-16(18)19)11-14-10-12-9-13(20-2)3-4-15(12)22-14/h3-4,9-10H,5-8,11H2,1-2H3. The van der Waals surface area contributed by atoms with Crippen molar-refractivity contribution in [1.82, 2.24) is 9.80 Å². The van der Waals surface area contributed by atoms with Crippen molar-refractivity contribution in [3.05, 3.63) is 30.0 Å². The summed E-state index contributed by atoms with van der Waals surface area (Å²) in [4.78, 5) is 15.2. The van der Waals surface area contributed by atoms with Crippen molar-refractivity contribution in [2.75, 3.05) is 40.4 Å². The van der Waals surface area contributed by atoms with Gasteiger partial charge in [-0.15, -0.1) is 0 Å². The van der Waals surface area contributed by atoms with E-state index in [0.717, 1.165) is 29.0 Å². The van der Waals surface area contributed by atoms with E-state index in [9.17, 15) is 4.79 Å². The van der Waals surface area contributed by atoms with Crippen LogP contribution in [0.5, 0.6) is 5.75 Å². The molecule has 0 atom stereocenters. The SMILES string of the molecule is COc1ccc2oc(CN(C)CCN3CCOC3=O)cc2c1. The van der Waals surface area contributed by atoms with Crippen molar-refractivity contribution in [3.8, 4) is 5.75 Å². The topological polar surface area (TPSA) is 55.1 Å². The lowest BCUT2D eigenvalue weighted by Crippen LogP contribution is -2.33. The highest BCUT2D eigenvalue weighted by Crippen LogP contribution is 2.24. The fourth-order valence-corrected chi connectivity index (χ4v) is 2.55. The third kappa shape index (κ3) is 3.17. The highest BCUT2D eigenvalue weighted by atomic mass is 16.6. The number of nitrogens with zero attached hydrogens (tertiary/aromatic N) is 2. The molecule has 118 valence electrons. The summed E-state index contributed by atoms with van der Waals surface area (Å²) in [5, 5.41) is 1.03. The Morgan fingerprint density at radius 2 is 2.23 bits per heavy atom. The lowest BCUT2D eigenvalue weighted by molar-refractivity contribution is 0.154. The van der Waals surface area contributed by atoms with Gasteiger partial charge in [-0.05, 0) is 31.3 Å². The van der Waals surface area contributed by atoms with Gasteiger partial charge in [-0.1, -0.05) is 0 Å². The summed E-state index contributed by atoms with van der Waals surface area (Å²) in [6.07, 6.45) is -0.218. The summed E-state index contributed by atoms with van der Waals surface area (Å²) < 4.78 is 16.0. The Morgan fingerprint density at radius 3 is 2.95 bits per heavy atom. The predicted molar refractivity (Wildman–Crippen MR) is 82.0 cm³/mol. The van der Waals surface area contributed by atoms with E-state index in [0.29, 0.717) is 26.2 Å². The van der Waals surface area contributed by atoms with Crippen molar-refractivity contribution in [3.63, 3.8) is 0 Å². The minimum Gasteiger partial charge on any atom is -0.497 e. The van der Waals surface area contributed by atoms with E-state index in [1.54, 1.807) is 12.0 Å². The van der Waals surface area contributed by atoms with Gasteiger partial charge in [0.25, 0.3) is 0 Å². The molecule has 3 rings (SSSR count). The van der Waals surface area contributed by atoms with Gasteiger partial charge in [0.1, 0.15) is 23.7 Å². The van der Waals surface area contributed by atoms with Crippen LogP contribution in [0.25, 0.3) is 11.0 Å². The lowest BCUT2D eigenvalue weighted by Gasteiger charge is -2.19. The van der Waals surface area contributed by atoms with Gasteiger partial charge < -0.3 is 18.8 Å². The Kier molecular flexibility index (Phi) is 4.20. The molecule has 1 aromatic heterocycles. The van der Waals surface area contributed by atoms with Crippen molar-refractivity contribution < 1.29 is 18.7 Å². The molecule has 0 radical (unpaired) electrons. The van der Waals surface area contributed by atoms with Gasteiger partial charge in [0.15, 0.2) is 0 Å². The first-order valence-electron chi connectivity index (χ1n) is 7.32. The largest absolute Gasteiger partial charge is 0.497 e. The van der Waals surface area contributed by atoms with Gasteiger partial charge in [0, 0.05) is 18.5 Å². The maximum atomic E-state index is 11.4. The summed E-state index contributed by atoms with van der Waals surface area (Å²) in [5.74, 6) is 1.72. The fraction of sp³-hybridized carbons (Fsp3) is 0.438. The highest BCUT2D eigenvalue weighted by Gasteiger charge is 2.21. The normalized spacial score (nSPS) is 14.9. The fourth-order valence-electron chi connectivity index (χ4n) is 2.55. The number of hydrogen-bond acceptors (Lipinski definition) is 5. The van der Waals surface area contributed by atoms with Gasteiger partial charge in [-0.25, -0.2) is 4.79 Å². The number of hydrogen-bond donors (Lipinski definition) is 0. The first kappa shape index (κ1) is 14.7. The van der Waals surface area contributed by atoms with Crippen LogP contribution < -0.4 is 4.74 Å². The Bertz CT molecular complexity index is 667. The molecular formula is C16H20N2O4. The zero-order valence-electron chi connectivity index (χ0n) is 12.9. The number of furan rings is 1. The van der Waals surface area contributed by atoms with Crippen molar-refractivity contribution in [2.24, 2.45) is 0 Å². The molecule has 0 unspecified atom stereocenters. The van der Waals surface area contributed by atoms with E-state index in [-0.39, 0.29) is 6.09 Å². The highest BCUT2D eigenvalue weighted by molar-refractivity contribution is 5.79. The van der Waals surface area contributed by atoms with E-state index in [1.165, 1.54) is 0 Å². The monoisotopic (exact) mass is 304 g/mol. The van der Waals surface area contributed by atoms with Crippen LogP contribution in [0.15, 0.2) is 28.7 Å². The van der Waals surface area contributed by atoms with Gasteiger partial charge in [-0.2, -0.15) is 0 Å². The molecule has 2 heterocycles. The molecule has 1 aliphatic rings. The molecule has 0 aliphatic carbocycles. The number of rotatable bonds is 6. The number of cyclic esters (lactones) is 1. The Labute approximate surface area is 129 Å². The third-order valence-electron chi connectivity index (χ3n) is 3.80. The molecule has 6 nitrogen and oxygen atoms in total. The molecule has 1 fully saturated rings. The third-order valence-corrected chi connectivity index (χ3v) is 3.80. The molecule has 0 spiro atoms. The molecule has 1 aromatic carbocycles. The second-order valence-electron chi connectivity index (χ2n) is 5.46. The zero-order valence-corrected chi connectivity index (χ0v) is 12.9. The van der Waals surface area contributed by atoms with Gasteiger partial charge in [0.05, 0.1) is 20.2 Å². The van der Waals surface area contributed by atoms with Crippen LogP contribution >= 0.6 is 0 Å². The van der Waals surface area contributed by atoms with E-state index in [4.69, 9.17) is 13.9 Å². The van der Waals surface area contributed by atoms with Crippen LogP contribution in [0.2, 0.25) is 0 Å². The number of benzene rings is 1. The van der Waals surface area contributed by atoms with Crippen LogP contribution in [-0.4, -0.2) is 56.3 Å². The minimum absolute atomic E-state index is 0.218. The molecule has 0 bridgehead atoms. The molecule has 0 N–H and O–H groups in total. The Morgan fingerprint density at radius 1 is 1.36 bits per heavy atom. The van der Waals surface area contributed by atoms with Crippen LogP contribution in [-0.2, 0) is 11.3 Å². The summed E-state index contributed by atoms with van der Waals surface area (Å²) in [5.41, 5.74) is 0.854. The second-order valence-corrected chi connectivity index (χ2v) is 5.46.